The highest BCUT2D eigenvalue weighted by atomic mass is 32.2. The fourth-order valence-corrected chi connectivity index (χ4v) is 3.32. The Balaban J connectivity index is 2.40. The van der Waals surface area contributed by atoms with Gasteiger partial charge in [0.15, 0.2) is 9.84 Å². The van der Waals surface area contributed by atoms with E-state index in [1.165, 1.54) is 7.11 Å². The zero-order valence-corrected chi connectivity index (χ0v) is 14.2. The maximum absolute atomic E-state index is 12.1. The SMILES string of the molecule is CCS(=O)(=O)c1ccc(-c2ccc(CN(C)C)[nH]2)cc1OC. The van der Waals surface area contributed by atoms with Crippen molar-refractivity contribution >= 4 is 9.84 Å². The number of methoxy groups -OCH3 is 1. The zero-order chi connectivity index (χ0) is 16.3. The standard InChI is InChI=1S/C16H22N2O3S/c1-5-22(19,20)16-9-6-12(10-15(16)21-4)14-8-7-13(17-14)11-18(2)3/h6-10,17H,5,11H2,1-4H3. The highest BCUT2D eigenvalue weighted by Crippen LogP contribution is 2.30. The van der Waals surface area contributed by atoms with Gasteiger partial charge < -0.3 is 14.6 Å². The Morgan fingerprint density at radius 2 is 1.91 bits per heavy atom. The first-order valence-electron chi connectivity index (χ1n) is 7.11. The van der Waals surface area contributed by atoms with E-state index in [0.29, 0.717) is 5.75 Å². The fourth-order valence-electron chi connectivity index (χ4n) is 2.29. The lowest BCUT2D eigenvalue weighted by molar-refractivity contribution is 0.398. The number of benzene rings is 1. The third-order valence-corrected chi connectivity index (χ3v) is 5.19. The van der Waals surface area contributed by atoms with E-state index in [2.05, 4.69) is 9.88 Å². The Labute approximate surface area is 131 Å². The van der Waals surface area contributed by atoms with Gasteiger partial charge in [0.05, 0.1) is 12.9 Å². The van der Waals surface area contributed by atoms with Crippen LogP contribution in [0.5, 0.6) is 5.75 Å². The third kappa shape index (κ3) is 3.51. The molecule has 0 spiro atoms. The molecule has 0 saturated heterocycles. The summed E-state index contributed by atoms with van der Waals surface area (Å²) in [6.45, 7) is 2.45. The summed E-state index contributed by atoms with van der Waals surface area (Å²) in [5.41, 5.74) is 2.94. The molecule has 1 aromatic heterocycles. The summed E-state index contributed by atoms with van der Waals surface area (Å²) in [5.74, 6) is 0.432. The van der Waals surface area contributed by atoms with Gasteiger partial charge >= 0.3 is 0 Å². The molecule has 120 valence electrons. The first-order chi connectivity index (χ1) is 10.4. The van der Waals surface area contributed by atoms with Gasteiger partial charge in [0.25, 0.3) is 0 Å². The second kappa shape index (κ2) is 6.54. The van der Waals surface area contributed by atoms with E-state index in [9.17, 15) is 8.42 Å². The van der Waals surface area contributed by atoms with Crippen molar-refractivity contribution < 1.29 is 13.2 Å². The molecule has 2 aromatic rings. The van der Waals surface area contributed by atoms with Crippen LogP contribution in [0.1, 0.15) is 12.6 Å². The van der Waals surface area contributed by atoms with Crippen molar-refractivity contribution in [2.45, 2.75) is 18.4 Å². The average Bonchev–Trinajstić information content (AvgIpc) is 2.94. The van der Waals surface area contributed by atoms with Gasteiger partial charge in [-0.3, -0.25) is 0 Å². The Kier molecular flexibility index (Phi) is 4.93. The molecule has 1 heterocycles. The minimum atomic E-state index is -3.29. The molecule has 0 amide bonds. The van der Waals surface area contributed by atoms with Crippen LogP contribution in [0.2, 0.25) is 0 Å². The zero-order valence-electron chi connectivity index (χ0n) is 13.4. The van der Waals surface area contributed by atoms with Gasteiger partial charge in [-0.05, 0) is 38.4 Å². The molecule has 22 heavy (non-hydrogen) atoms. The van der Waals surface area contributed by atoms with Gasteiger partial charge in [0.1, 0.15) is 10.6 Å². The predicted molar refractivity (Wildman–Crippen MR) is 87.9 cm³/mol. The monoisotopic (exact) mass is 322 g/mol. The second-order valence-electron chi connectivity index (χ2n) is 5.40. The molecular weight excluding hydrogens is 300 g/mol. The van der Waals surface area contributed by atoms with E-state index in [1.54, 1.807) is 25.1 Å². The minimum absolute atomic E-state index is 0.0538. The summed E-state index contributed by atoms with van der Waals surface area (Å²) in [6, 6.07) is 9.18. The van der Waals surface area contributed by atoms with Crippen molar-refractivity contribution in [3.05, 3.63) is 36.0 Å². The molecule has 0 aliphatic carbocycles. The number of sulfone groups is 1. The number of nitrogens with zero attached hydrogens (tertiary/aromatic N) is 1. The molecule has 0 saturated carbocycles. The van der Waals surface area contributed by atoms with Crippen molar-refractivity contribution in [3.63, 3.8) is 0 Å². The molecule has 0 aliphatic heterocycles. The molecule has 0 fully saturated rings. The highest BCUT2D eigenvalue weighted by molar-refractivity contribution is 7.91. The number of hydrogen-bond acceptors (Lipinski definition) is 4. The smallest absolute Gasteiger partial charge is 0.181 e. The van der Waals surface area contributed by atoms with Crippen molar-refractivity contribution in [2.24, 2.45) is 0 Å². The van der Waals surface area contributed by atoms with Crippen LogP contribution in [0.3, 0.4) is 0 Å². The van der Waals surface area contributed by atoms with Crippen LogP contribution >= 0.6 is 0 Å². The van der Waals surface area contributed by atoms with Gasteiger partial charge in [-0.25, -0.2) is 8.42 Å². The number of aromatic amines is 1. The lowest BCUT2D eigenvalue weighted by Crippen LogP contribution is -2.10. The summed E-state index contributed by atoms with van der Waals surface area (Å²) in [7, 11) is 2.21. The number of ether oxygens (including phenoxy) is 1. The summed E-state index contributed by atoms with van der Waals surface area (Å²) < 4.78 is 29.4. The second-order valence-corrected chi connectivity index (χ2v) is 7.65. The van der Waals surface area contributed by atoms with Gasteiger partial charge in [-0.15, -0.1) is 0 Å². The quantitative estimate of drug-likeness (QED) is 0.888. The Bertz CT molecular complexity index is 749. The van der Waals surface area contributed by atoms with Crippen LogP contribution in [0.4, 0.5) is 0 Å². The molecule has 6 heteroatoms. The van der Waals surface area contributed by atoms with Gasteiger partial charge in [-0.2, -0.15) is 0 Å². The fraction of sp³-hybridized carbons (Fsp3) is 0.375. The predicted octanol–water partition coefficient (Wildman–Crippen LogP) is 2.55. The molecule has 0 atom stereocenters. The molecule has 5 nitrogen and oxygen atoms in total. The minimum Gasteiger partial charge on any atom is -0.495 e. The van der Waals surface area contributed by atoms with Crippen LogP contribution in [0, 0.1) is 0 Å². The number of H-pyrrole nitrogens is 1. The van der Waals surface area contributed by atoms with Crippen LogP contribution < -0.4 is 4.74 Å². The van der Waals surface area contributed by atoms with Crippen LogP contribution in [-0.4, -0.2) is 45.3 Å². The molecule has 1 N–H and O–H groups in total. The maximum atomic E-state index is 12.1. The lowest BCUT2D eigenvalue weighted by Gasteiger charge is -2.10. The molecule has 1 aromatic carbocycles. The normalized spacial score (nSPS) is 11.9. The first kappa shape index (κ1) is 16.6. The number of aromatic nitrogens is 1. The third-order valence-electron chi connectivity index (χ3n) is 3.42. The van der Waals surface area contributed by atoms with E-state index in [0.717, 1.165) is 23.5 Å². The molecule has 0 unspecified atom stereocenters. The highest BCUT2D eigenvalue weighted by Gasteiger charge is 2.18. The Hall–Kier alpha value is -1.79. The van der Waals surface area contributed by atoms with Crippen LogP contribution in [0.25, 0.3) is 11.3 Å². The molecule has 0 radical (unpaired) electrons. The Morgan fingerprint density at radius 3 is 2.50 bits per heavy atom. The van der Waals surface area contributed by atoms with Gasteiger partial charge in [0, 0.05) is 23.5 Å². The lowest BCUT2D eigenvalue weighted by atomic mass is 10.1. The van der Waals surface area contributed by atoms with Crippen molar-refractivity contribution in [1.82, 2.24) is 9.88 Å². The van der Waals surface area contributed by atoms with E-state index in [-0.39, 0.29) is 10.6 Å². The maximum Gasteiger partial charge on any atom is 0.181 e. The van der Waals surface area contributed by atoms with Gasteiger partial charge in [0.2, 0.25) is 0 Å². The summed E-state index contributed by atoms with van der Waals surface area (Å²) >= 11 is 0. The summed E-state index contributed by atoms with van der Waals surface area (Å²) in [4.78, 5) is 5.65. The Morgan fingerprint density at radius 1 is 1.18 bits per heavy atom. The number of rotatable bonds is 6. The van der Waals surface area contributed by atoms with E-state index < -0.39 is 9.84 Å². The number of hydrogen-bond donors (Lipinski definition) is 1. The first-order valence-corrected chi connectivity index (χ1v) is 8.76. The topological polar surface area (TPSA) is 62.4 Å². The molecular formula is C16H22N2O3S. The molecule has 2 rings (SSSR count). The molecule has 0 aliphatic rings. The van der Waals surface area contributed by atoms with Crippen LogP contribution in [0.15, 0.2) is 35.2 Å². The molecule has 0 bridgehead atoms. The summed E-state index contributed by atoms with van der Waals surface area (Å²) in [5, 5.41) is 0. The average molecular weight is 322 g/mol. The largest absolute Gasteiger partial charge is 0.495 e. The van der Waals surface area contributed by atoms with Crippen molar-refractivity contribution in [1.29, 1.82) is 0 Å². The number of nitrogens with one attached hydrogen (secondary N) is 1. The van der Waals surface area contributed by atoms with Gasteiger partial charge in [-0.1, -0.05) is 13.0 Å². The summed E-state index contributed by atoms with van der Waals surface area (Å²) in [6.07, 6.45) is 0. The van der Waals surface area contributed by atoms with Crippen molar-refractivity contribution in [2.75, 3.05) is 27.0 Å². The van der Waals surface area contributed by atoms with E-state index in [1.807, 2.05) is 26.2 Å². The van der Waals surface area contributed by atoms with E-state index in [4.69, 9.17) is 4.74 Å². The van der Waals surface area contributed by atoms with Crippen molar-refractivity contribution in [3.8, 4) is 17.0 Å². The van der Waals surface area contributed by atoms with E-state index >= 15 is 0 Å². The van der Waals surface area contributed by atoms with Crippen LogP contribution in [-0.2, 0) is 16.4 Å².